The number of piperazine rings is 1. The Balaban J connectivity index is 2.09. The van der Waals surface area contributed by atoms with Crippen molar-refractivity contribution in [1.82, 2.24) is 9.80 Å². The Hall–Kier alpha value is -0.680. The van der Waals surface area contributed by atoms with Gasteiger partial charge in [0.05, 0.1) is 10.4 Å². The fraction of sp³-hybridized carbons (Fsp3) is 0.846. The zero-order valence-corrected chi connectivity index (χ0v) is 12.3. The van der Waals surface area contributed by atoms with E-state index in [4.69, 9.17) is 18.0 Å². The Kier molecular flexibility index (Phi) is 3.65. The fourth-order valence-corrected chi connectivity index (χ4v) is 3.40. The van der Waals surface area contributed by atoms with E-state index in [1.54, 1.807) is 0 Å². The Morgan fingerprint density at radius 2 is 1.94 bits per heavy atom. The van der Waals surface area contributed by atoms with Gasteiger partial charge in [-0.2, -0.15) is 0 Å². The molecule has 5 heteroatoms. The normalized spacial score (nSPS) is 37.2. The van der Waals surface area contributed by atoms with Gasteiger partial charge in [0.25, 0.3) is 0 Å². The number of carbonyl (C=O) groups is 1. The van der Waals surface area contributed by atoms with Crippen LogP contribution in [0.25, 0.3) is 0 Å². The first-order valence-electron chi connectivity index (χ1n) is 6.66. The maximum Gasteiger partial charge on any atom is 0.235 e. The van der Waals surface area contributed by atoms with Crippen molar-refractivity contribution in [1.29, 1.82) is 0 Å². The lowest BCUT2D eigenvalue weighted by atomic mass is 9.61. The molecule has 0 radical (unpaired) electrons. The number of amides is 1. The van der Waals surface area contributed by atoms with E-state index in [0.29, 0.717) is 16.9 Å². The number of rotatable bonds is 2. The minimum absolute atomic E-state index is 0.160. The lowest BCUT2D eigenvalue weighted by molar-refractivity contribution is -0.146. The van der Waals surface area contributed by atoms with Crippen LogP contribution < -0.4 is 5.73 Å². The highest BCUT2D eigenvalue weighted by Gasteiger charge is 2.52. The number of hydrogen-bond donors (Lipinski definition) is 1. The standard InChI is InChI=1S/C13H23N3OS/c1-9-6-13(7-9,11(14)18)12(17)16-5-4-15(3)10(2)8-16/h9-10H,4-8H2,1-3H3,(H2,14,18). The lowest BCUT2D eigenvalue weighted by Crippen LogP contribution is -2.61. The summed E-state index contributed by atoms with van der Waals surface area (Å²) in [7, 11) is 2.10. The molecular formula is C13H23N3OS. The summed E-state index contributed by atoms with van der Waals surface area (Å²) in [6.45, 7) is 6.80. The van der Waals surface area contributed by atoms with Crippen molar-refractivity contribution >= 4 is 23.1 Å². The monoisotopic (exact) mass is 269 g/mol. The van der Waals surface area contributed by atoms with Crippen LogP contribution in [0.3, 0.4) is 0 Å². The van der Waals surface area contributed by atoms with Crippen molar-refractivity contribution in [3.63, 3.8) is 0 Å². The molecule has 0 bridgehead atoms. The van der Waals surface area contributed by atoms with Gasteiger partial charge in [-0.25, -0.2) is 0 Å². The van der Waals surface area contributed by atoms with Crippen molar-refractivity contribution in [3.8, 4) is 0 Å². The zero-order chi connectivity index (χ0) is 13.5. The molecule has 1 aliphatic heterocycles. The Morgan fingerprint density at radius 3 is 2.39 bits per heavy atom. The molecule has 2 rings (SSSR count). The van der Waals surface area contributed by atoms with Crippen LogP contribution in [0.1, 0.15) is 26.7 Å². The molecular weight excluding hydrogens is 246 g/mol. The molecule has 2 aliphatic rings. The van der Waals surface area contributed by atoms with Gasteiger partial charge >= 0.3 is 0 Å². The summed E-state index contributed by atoms with van der Waals surface area (Å²) in [5, 5.41) is 0. The zero-order valence-electron chi connectivity index (χ0n) is 11.5. The molecule has 0 aromatic rings. The Morgan fingerprint density at radius 1 is 1.33 bits per heavy atom. The van der Waals surface area contributed by atoms with Crippen LogP contribution in [0.15, 0.2) is 0 Å². The molecule has 102 valence electrons. The lowest BCUT2D eigenvalue weighted by Gasteiger charge is -2.48. The molecule has 4 nitrogen and oxygen atoms in total. The molecule has 0 aromatic carbocycles. The van der Waals surface area contributed by atoms with E-state index in [9.17, 15) is 4.79 Å². The van der Waals surface area contributed by atoms with Gasteiger partial charge < -0.3 is 15.5 Å². The molecule has 1 heterocycles. The summed E-state index contributed by atoms with van der Waals surface area (Å²) in [6.07, 6.45) is 1.64. The van der Waals surface area contributed by atoms with Crippen LogP contribution >= 0.6 is 12.2 Å². The number of hydrogen-bond acceptors (Lipinski definition) is 3. The van der Waals surface area contributed by atoms with Gasteiger partial charge in [-0.1, -0.05) is 19.1 Å². The third kappa shape index (κ3) is 2.14. The fourth-order valence-electron chi connectivity index (χ4n) is 3.15. The van der Waals surface area contributed by atoms with Crippen LogP contribution in [-0.2, 0) is 4.79 Å². The quantitative estimate of drug-likeness (QED) is 0.755. The van der Waals surface area contributed by atoms with E-state index in [1.165, 1.54) is 0 Å². The number of likely N-dealkylation sites (N-methyl/N-ethyl adjacent to an activating group) is 1. The molecule has 1 amide bonds. The third-order valence-electron chi connectivity index (χ3n) is 4.52. The maximum atomic E-state index is 12.7. The SMILES string of the molecule is CC1CC(C(=O)N2CCN(C)C(C)C2)(C(N)=S)C1. The average molecular weight is 269 g/mol. The van der Waals surface area contributed by atoms with Crippen molar-refractivity contribution in [2.24, 2.45) is 17.1 Å². The molecule has 18 heavy (non-hydrogen) atoms. The molecule has 1 saturated heterocycles. The summed E-state index contributed by atoms with van der Waals surface area (Å²) in [4.78, 5) is 17.3. The first kappa shape index (κ1) is 13.7. The molecule has 0 aromatic heterocycles. The summed E-state index contributed by atoms with van der Waals surface area (Å²) >= 11 is 5.15. The van der Waals surface area contributed by atoms with Gasteiger partial charge in [0, 0.05) is 25.7 Å². The number of carbonyl (C=O) groups excluding carboxylic acids is 1. The summed E-state index contributed by atoms with van der Waals surface area (Å²) < 4.78 is 0. The molecule has 1 unspecified atom stereocenters. The Labute approximate surface area is 114 Å². The molecule has 1 saturated carbocycles. The van der Waals surface area contributed by atoms with E-state index in [2.05, 4.69) is 25.8 Å². The van der Waals surface area contributed by atoms with Gasteiger partial charge in [-0.05, 0) is 32.7 Å². The van der Waals surface area contributed by atoms with Crippen molar-refractivity contribution in [3.05, 3.63) is 0 Å². The van der Waals surface area contributed by atoms with Crippen LogP contribution in [0, 0.1) is 11.3 Å². The second-order valence-electron chi connectivity index (χ2n) is 6.04. The van der Waals surface area contributed by atoms with Gasteiger partial charge in [-0.3, -0.25) is 4.79 Å². The first-order valence-corrected chi connectivity index (χ1v) is 7.07. The van der Waals surface area contributed by atoms with E-state index in [0.717, 1.165) is 32.5 Å². The van der Waals surface area contributed by atoms with Crippen LogP contribution in [0.2, 0.25) is 0 Å². The second-order valence-corrected chi connectivity index (χ2v) is 6.48. The first-order chi connectivity index (χ1) is 8.36. The minimum Gasteiger partial charge on any atom is -0.392 e. The number of nitrogens with two attached hydrogens (primary N) is 1. The smallest absolute Gasteiger partial charge is 0.235 e. The van der Waals surface area contributed by atoms with E-state index in [1.807, 2.05) is 4.90 Å². The summed E-state index contributed by atoms with van der Waals surface area (Å²) in [6, 6.07) is 0.406. The summed E-state index contributed by atoms with van der Waals surface area (Å²) in [5.74, 6) is 0.716. The van der Waals surface area contributed by atoms with Crippen molar-refractivity contribution in [2.45, 2.75) is 32.7 Å². The van der Waals surface area contributed by atoms with E-state index in [-0.39, 0.29) is 5.91 Å². The van der Waals surface area contributed by atoms with Gasteiger partial charge in [0.2, 0.25) is 5.91 Å². The number of thiocarbonyl (C=S) groups is 1. The van der Waals surface area contributed by atoms with E-state index < -0.39 is 5.41 Å². The summed E-state index contributed by atoms with van der Waals surface area (Å²) in [5.41, 5.74) is 5.30. The molecule has 0 spiro atoms. The van der Waals surface area contributed by atoms with Crippen LogP contribution in [-0.4, -0.2) is 53.4 Å². The predicted molar refractivity (Wildman–Crippen MR) is 76.3 cm³/mol. The molecule has 2 fully saturated rings. The highest BCUT2D eigenvalue weighted by atomic mass is 32.1. The van der Waals surface area contributed by atoms with Crippen molar-refractivity contribution < 1.29 is 4.79 Å². The largest absolute Gasteiger partial charge is 0.392 e. The molecule has 1 atom stereocenters. The molecule has 2 N–H and O–H groups in total. The highest BCUT2D eigenvalue weighted by molar-refractivity contribution is 7.80. The second kappa shape index (κ2) is 4.78. The topological polar surface area (TPSA) is 49.6 Å². The average Bonchev–Trinajstić information content (AvgIpc) is 2.27. The predicted octanol–water partition coefficient (Wildman–Crippen LogP) is 0.851. The Bertz CT molecular complexity index is 365. The highest BCUT2D eigenvalue weighted by Crippen LogP contribution is 2.47. The van der Waals surface area contributed by atoms with Gasteiger partial charge in [-0.15, -0.1) is 0 Å². The minimum atomic E-state index is -0.537. The van der Waals surface area contributed by atoms with Gasteiger partial charge in [0.1, 0.15) is 0 Å². The van der Waals surface area contributed by atoms with Crippen LogP contribution in [0.5, 0.6) is 0 Å². The maximum absolute atomic E-state index is 12.7. The third-order valence-corrected chi connectivity index (χ3v) is 4.91. The van der Waals surface area contributed by atoms with E-state index >= 15 is 0 Å². The van der Waals surface area contributed by atoms with Gasteiger partial charge in [0.15, 0.2) is 0 Å². The van der Waals surface area contributed by atoms with Crippen LogP contribution in [0.4, 0.5) is 0 Å². The number of nitrogens with zero attached hydrogens (tertiary/aromatic N) is 2. The van der Waals surface area contributed by atoms with Crippen molar-refractivity contribution in [2.75, 3.05) is 26.7 Å². The molecule has 1 aliphatic carbocycles.